The van der Waals surface area contributed by atoms with Crippen LogP contribution in [0.15, 0.2) is 30.3 Å². The van der Waals surface area contributed by atoms with E-state index in [9.17, 15) is 18.0 Å². The molecule has 0 unspecified atom stereocenters. The molecule has 2 rings (SSSR count). The van der Waals surface area contributed by atoms with Gasteiger partial charge in [-0.15, -0.1) is 0 Å². The van der Waals surface area contributed by atoms with Gasteiger partial charge in [-0.3, -0.25) is 0 Å². The molecule has 9 heteroatoms. The van der Waals surface area contributed by atoms with Gasteiger partial charge in [-0.2, -0.15) is 13.2 Å². The van der Waals surface area contributed by atoms with Crippen LogP contribution in [0.3, 0.4) is 0 Å². The third kappa shape index (κ3) is 4.73. The Morgan fingerprint density at radius 1 is 1.14 bits per heavy atom. The van der Waals surface area contributed by atoms with E-state index in [1.165, 1.54) is 12.1 Å². The van der Waals surface area contributed by atoms with Crippen molar-refractivity contribution in [3.05, 3.63) is 46.9 Å². The van der Waals surface area contributed by atoms with Crippen molar-refractivity contribution >= 4 is 69.0 Å². The predicted octanol–water partition coefficient (Wildman–Crippen LogP) is 2.87. The maximum atomic E-state index is 12.4. The van der Waals surface area contributed by atoms with E-state index in [0.29, 0.717) is 5.56 Å². The van der Waals surface area contributed by atoms with Crippen LogP contribution in [0.25, 0.3) is 11.3 Å². The molecule has 21 heavy (non-hydrogen) atoms. The number of hydrogen-bond acceptors (Lipinski definition) is 3. The Morgan fingerprint density at radius 3 is 2.19 bits per heavy atom. The molecule has 0 aliphatic carbocycles. The zero-order chi connectivity index (χ0) is 14.9. The van der Waals surface area contributed by atoms with Crippen molar-refractivity contribution in [1.82, 2.24) is 9.97 Å². The average molecular weight is 343 g/mol. The van der Waals surface area contributed by atoms with Gasteiger partial charge < -0.3 is 5.11 Å². The van der Waals surface area contributed by atoms with Crippen LogP contribution in [0, 0.1) is 0 Å². The quantitative estimate of drug-likeness (QED) is 0.673. The number of halogens is 4. The Bertz CT molecular complexity index is 663. The summed E-state index contributed by atoms with van der Waals surface area (Å²) in [6.45, 7) is 0. The molecule has 2 aromatic rings. The van der Waals surface area contributed by atoms with E-state index < -0.39 is 17.7 Å². The number of benzene rings is 1. The second kappa shape index (κ2) is 7.17. The molecule has 1 aromatic carbocycles. The van der Waals surface area contributed by atoms with Gasteiger partial charge >= 0.3 is 63.5 Å². The fourth-order valence-corrected chi connectivity index (χ4v) is 1.69. The van der Waals surface area contributed by atoms with Crippen molar-refractivity contribution in [2.45, 2.75) is 6.18 Å². The van der Waals surface area contributed by atoms with Gasteiger partial charge in [0, 0.05) is 5.56 Å². The molecule has 0 atom stereocenters. The SMILES string of the molecule is O=C(O)c1cc(-c2ccc(C(F)(F)F)cc2)nc(Cl)n1.[KH]. The first kappa shape index (κ1) is 18.5. The monoisotopic (exact) mass is 342 g/mol. The molecule has 1 aromatic heterocycles. The summed E-state index contributed by atoms with van der Waals surface area (Å²) < 4.78 is 37.3. The molecule has 0 saturated heterocycles. The number of carboxylic acid groups (broad SMARTS) is 1. The maximum absolute atomic E-state index is 12.4. The number of hydrogen-bond donors (Lipinski definition) is 1. The number of rotatable bonds is 2. The summed E-state index contributed by atoms with van der Waals surface area (Å²) in [6, 6.07) is 5.27. The number of aromatic nitrogens is 2. The minimum atomic E-state index is -4.44. The van der Waals surface area contributed by atoms with Gasteiger partial charge in [0.1, 0.15) is 0 Å². The number of nitrogens with zero attached hydrogens (tertiary/aromatic N) is 2. The Kier molecular flexibility index (Phi) is 6.32. The van der Waals surface area contributed by atoms with Crippen LogP contribution in [0.1, 0.15) is 16.1 Å². The molecular weight excluding hydrogens is 336 g/mol. The molecule has 1 heterocycles. The molecule has 0 aliphatic heterocycles. The molecule has 0 aliphatic rings. The van der Waals surface area contributed by atoms with E-state index in [1.807, 2.05) is 0 Å². The Hall–Kier alpha value is -0.514. The topological polar surface area (TPSA) is 63.1 Å². The average Bonchev–Trinajstić information content (AvgIpc) is 2.37. The zero-order valence-corrected chi connectivity index (χ0v) is 10.4. The van der Waals surface area contributed by atoms with Gasteiger partial charge in [-0.1, -0.05) is 12.1 Å². The normalized spacial score (nSPS) is 10.9. The van der Waals surface area contributed by atoms with Gasteiger partial charge in [-0.25, -0.2) is 14.8 Å². The van der Waals surface area contributed by atoms with Crippen LogP contribution in [0.4, 0.5) is 13.2 Å². The van der Waals surface area contributed by atoms with Crippen molar-refractivity contribution in [2.24, 2.45) is 0 Å². The zero-order valence-electron chi connectivity index (χ0n) is 9.65. The molecule has 106 valence electrons. The molecule has 0 amide bonds. The molecule has 0 saturated carbocycles. The standard InChI is InChI=1S/C12H6ClF3N2O2.K.H/c13-11-17-8(5-9(18-11)10(19)20)6-1-3-7(4-2-6)12(14,15)16;;/h1-5H,(H,19,20);;. The molecule has 0 bridgehead atoms. The predicted molar refractivity (Wildman–Crippen MR) is 71.6 cm³/mol. The van der Waals surface area contributed by atoms with Crippen LogP contribution in [-0.4, -0.2) is 72.4 Å². The van der Waals surface area contributed by atoms with E-state index in [-0.39, 0.29) is 68.1 Å². The Balaban J connectivity index is 0.00000220. The summed E-state index contributed by atoms with van der Waals surface area (Å²) in [5.74, 6) is -1.30. The first-order valence-electron chi connectivity index (χ1n) is 5.23. The van der Waals surface area contributed by atoms with Gasteiger partial charge in [-0.05, 0) is 29.8 Å². The van der Waals surface area contributed by atoms with Crippen molar-refractivity contribution in [2.75, 3.05) is 0 Å². The molecule has 0 fully saturated rings. The molecule has 1 N–H and O–H groups in total. The number of alkyl halides is 3. The van der Waals surface area contributed by atoms with Crippen molar-refractivity contribution < 1.29 is 23.1 Å². The summed E-state index contributed by atoms with van der Waals surface area (Å²) in [4.78, 5) is 18.1. The number of carboxylic acids is 1. The second-order valence-corrected chi connectivity index (χ2v) is 4.13. The molecule has 0 spiro atoms. The summed E-state index contributed by atoms with van der Waals surface area (Å²) in [5.41, 5.74) is -0.694. The summed E-state index contributed by atoms with van der Waals surface area (Å²) >= 11 is 5.58. The number of carbonyl (C=O) groups is 1. The van der Waals surface area contributed by atoms with E-state index in [1.54, 1.807) is 0 Å². The first-order valence-corrected chi connectivity index (χ1v) is 5.60. The molecular formula is C12H7ClF3KN2O2. The van der Waals surface area contributed by atoms with Crippen LogP contribution in [0.2, 0.25) is 5.28 Å². The number of aromatic carboxylic acids is 1. The Morgan fingerprint density at radius 2 is 1.71 bits per heavy atom. The van der Waals surface area contributed by atoms with Gasteiger partial charge in [0.25, 0.3) is 0 Å². The Labute approximate surface area is 164 Å². The van der Waals surface area contributed by atoms with Gasteiger partial charge in [0.15, 0.2) is 5.69 Å². The van der Waals surface area contributed by atoms with Crippen molar-refractivity contribution in [3.8, 4) is 11.3 Å². The van der Waals surface area contributed by atoms with E-state index in [4.69, 9.17) is 16.7 Å². The summed E-state index contributed by atoms with van der Waals surface area (Å²) in [6.07, 6.45) is -4.44. The van der Waals surface area contributed by atoms with E-state index in [0.717, 1.165) is 18.2 Å². The van der Waals surface area contributed by atoms with Crippen molar-refractivity contribution in [3.63, 3.8) is 0 Å². The molecule has 0 radical (unpaired) electrons. The fraction of sp³-hybridized carbons (Fsp3) is 0.0833. The van der Waals surface area contributed by atoms with Crippen molar-refractivity contribution in [1.29, 1.82) is 0 Å². The third-order valence-corrected chi connectivity index (χ3v) is 2.59. The van der Waals surface area contributed by atoms with E-state index in [2.05, 4.69) is 9.97 Å². The first-order chi connectivity index (χ1) is 9.27. The minimum absolute atomic E-state index is 0. The fourth-order valence-electron chi connectivity index (χ4n) is 1.51. The summed E-state index contributed by atoms with van der Waals surface area (Å²) in [5, 5.41) is 8.54. The van der Waals surface area contributed by atoms with Crippen LogP contribution >= 0.6 is 11.6 Å². The van der Waals surface area contributed by atoms with Crippen LogP contribution in [0.5, 0.6) is 0 Å². The molecule has 4 nitrogen and oxygen atoms in total. The van der Waals surface area contributed by atoms with Crippen LogP contribution < -0.4 is 0 Å². The summed E-state index contributed by atoms with van der Waals surface area (Å²) in [7, 11) is 0. The van der Waals surface area contributed by atoms with Gasteiger partial charge in [0.2, 0.25) is 5.28 Å². The van der Waals surface area contributed by atoms with E-state index >= 15 is 0 Å². The van der Waals surface area contributed by atoms with Gasteiger partial charge in [0.05, 0.1) is 11.3 Å². The third-order valence-electron chi connectivity index (χ3n) is 2.43. The second-order valence-electron chi connectivity index (χ2n) is 3.79. The van der Waals surface area contributed by atoms with Crippen LogP contribution in [-0.2, 0) is 6.18 Å².